The molecule has 0 N–H and O–H groups in total. The smallest absolute Gasteiger partial charge is 0.288 e. The van der Waals surface area contributed by atoms with Gasteiger partial charge < -0.3 is 23.7 Å². The quantitative estimate of drug-likeness (QED) is 0.140. The largest absolute Gasteiger partial charge is 0.378 e. The molecule has 5 nitrogen and oxygen atoms in total. The molecule has 0 bridgehead atoms. The van der Waals surface area contributed by atoms with Crippen LogP contribution < -0.4 is 0 Å². The van der Waals surface area contributed by atoms with Crippen molar-refractivity contribution in [3.8, 4) is 0 Å². The molecule has 0 amide bonds. The van der Waals surface area contributed by atoms with Crippen LogP contribution in [0.5, 0.6) is 0 Å². The Hall–Kier alpha value is -0.200. The third kappa shape index (κ3) is 11.1. The number of unbranched alkanes of at least 4 members (excludes halogenated alkanes) is 5. The Balaban J connectivity index is 2.73. The first-order valence-corrected chi connectivity index (χ1v) is 11.8. The molecule has 168 valence electrons. The average molecular weight is 403 g/mol. The van der Waals surface area contributed by atoms with Gasteiger partial charge in [-0.2, -0.15) is 0 Å². The van der Waals surface area contributed by atoms with E-state index in [1.807, 2.05) is 0 Å². The third-order valence-corrected chi connectivity index (χ3v) is 4.95. The van der Waals surface area contributed by atoms with Crippen LogP contribution in [0.25, 0.3) is 0 Å². The highest BCUT2D eigenvalue weighted by atomic mass is 16.9. The molecule has 5 heteroatoms. The van der Waals surface area contributed by atoms with Crippen molar-refractivity contribution in [1.29, 1.82) is 0 Å². The molecule has 1 heterocycles. The molecule has 0 aromatic carbocycles. The Morgan fingerprint density at radius 3 is 1.82 bits per heavy atom. The molecule has 28 heavy (non-hydrogen) atoms. The molecule has 1 saturated heterocycles. The normalized spacial score (nSPS) is 17.8. The molecule has 2 unspecified atom stereocenters. The van der Waals surface area contributed by atoms with E-state index in [2.05, 4.69) is 27.7 Å². The Kier molecular flexibility index (Phi) is 15.3. The minimum atomic E-state index is -0.990. The number of hydrogen-bond donors (Lipinski definition) is 0. The lowest BCUT2D eigenvalue weighted by Crippen LogP contribution is -2.49. The predicted octanol–water partition coefficient (Wildman–Crippen LogP) is 5.70. The van der Waals surface area contributed by atoms with Gasteiger partial charge in [-0.05, 0) is 25.7 Å². The van der Waals surface area contributed by atoms with E-state index in [4.69, 9.17) is 23.7 Å². The lowest BCUT2D eigenvalue weighted by atomic mass is 9.98. The first kappa shape index (κ1) is 25.8. The molecule has 1 aliphatic rings. The maximum absolute atomic E-state index is 6.26. The van der Waals surface area contributed by atoms with E-state index in [9.17, 15) is 0 Å². The van der Waals surface area contributed by atoms with Gasteiger partial charge in [0, 0.05) is 0 Å². The molecule has 0 aliphatic carbocycles. The van der Waals surface area contributed by atoms with Crippen molar-refractivity contribution in [2.24, 2.45) is 5.92 Å². The highest BCUT2D eigenvalue weighted by Gasteiger charge is 2.43. The van der Waals surface area contributed by atoms with Gasteiger partial charge in [-0.25, -0.2) is 0 Å². The summed E-state index contributed by atoms with van der Waals surface area (Å²) in [6, 6.07) is 0. The highest BCUT2D eigenvalue weighted by Crippen LogP contribution is 2.32. The summed E-state index contributed by atoms with van der Waals surface area (Å²) in [5.41, 5.74) is 0. The highest BCUT2D eigenvalue weighted by molar-refractivity contribution is 4.75. The van der Waals surface area contributed by atoms with Crippen molar-refractivity contribution in [3.05, 3.63) is 0 Å². The average Bonchev–Trinajstić information content (AvgIpc) is 3.53. The maximum atomic E-state index is 6.26. The van der Waals surface area contributed by atoms with Crippen LogP contribution in [0, 0.1) is 5.92 Å². The van der Waals surface area contributed by atoms with Gasteiger partial charge in [0.1, 0.15) is 6.10 Å². The van der Waals surface area contributed by atoms with Crippen molar-refractivity contribution in [3.63, 3.8) is 0 Å². The zero-order chi connectivity index (χ0) is 20.5. The summed E-state index contributed by atoms with van der Waals surface area (Å²) in [6.45, 7) is 12.6. The summed E-state index contributed by atoms with van der Waals surface area (Å²) >= 11 is 0. The van der Waals surface area contributed by atoms with Crippen LogP contribution in [0.1, 0.15) is 91.9 Å². The SMILES string of the molecule is CCCCCCCCC(COCC1CO1)C(OCCC)(OCCC)OCCC. The van der Waals surface area contributed by atoms with Gasteiger partial charge >= 0.3 is 0 Å². The second kappa shape index (κ2) is 16.6. The monoisotopic (exact) mass is 402 g/mol. The number of rotatable bonds is 21. The van der Waals surface area contributed by atoms with Gasteiger partial charge in [-0.3, -0.25) is 0 Å². The molecule has 1 aliphatic heterocycles. The van der Waals surface area contributed by atoms with E-state index in [1.54, 1.807) is 0 Å². The Labute approximate surface area is 173 Å². The summed E-state index contributed by atoms with van der Waals surface area (Å²) < 4.78 is 30.1. The van der Waals surface area contributed by atoms with Crippen LogP contribution in [0.3, 0.4) is 0 Å². The molecule has 2 atom stereocenters. The van der Waals surface area contributed by atoms with E-state index < -0.39 is 5.97 Å². The van der Waals surface area contributed by atoms with Crippen molar-refractivity contribution < 1.29 is 23.7 Å². The fourth-order valence-corrected chi connectivity index (χ4v) is 3.25. The summed E-state index contributed by atoms with van der Waals surface area (Å²) in [5, 5.41) is 0. The Morgan fingerprint density at radius 1 is 0.786 bits per heavy atom. The van der Waals surface area contributed by atoms with E-state index >= 15 is 0 Å². The molecule has 0 radical (unpaired) electrons. The second-order valence-corrected chi connectivity index (χ2v) is 7.90. The number of epoxide rings is 1. The molecule has 1 fully saturated rings. The van der Waals surface area contributed by atoms with Gasteiger partial charge in [0.2, 0.25) is 0 Å². The predicted molar refractivity (Wildman–Crippen MR) is 114 cm³/mol. The Morgan fingerprint density at radius 2 is 1.32 bits per heavy atom. The van der Waals surface area contributed by atoms with Crippen molar-refractivity contribution in [2.45, 2.75) is 104 Å². The van der Waals surface area contributed by atoms with Crippen molar-refractivity contribution in [2.75, 3.05) is 39.6 Å². The zero-order valence-electron chi connectivity index (χ0n) is 19.0. The van der Waals surface area contributed by atoms with Crippen molar-refractivity contribution >= 4 is 0 Å². The van der Waals surface area contributed by atoms with Crippen LogP contribution in [-0.2, 0) is 23.7 Å². The van der Waals surface area contributed by atoms with Crippen LogP contribution in [-0.4, -0.2) is 51.7 Å². The third-order valence-electron chi connectivity index (χ3n) is 4.95. The minimum Gasteiger partial charge on any atom is -0.378 e. The number of ether oxygens (including phenoxy) is 5. The summed E-state index contributed by atoms with van der Waals surface area (Å²) in [6.07, 6.45) is 11.7. The molecular weight excluding hydrogens is 356 g/mol. The minimum absolute atomic E-state index is 0.0714. The van der Waals surface area contributed by atoms with Crippen molar-refractivity contribution in [1.82, 2.24) is 0 Å². The molecule has 0 spiro atoms. The molecule has 0 saturated carbocycles. The fraction of sp³-hybridized carbons (Fsp3) is 1.00. The molecular formula is C23H46O5. The molecule has 0 aromatic heterocycles. The van der Waals surface area contributed by atoms with Gasteiger partial charge in [0.05, 0.1) is 45.6 Å². The Bertz CT molecular complexity index is 324. The van der Waals surface area contributed by atoms with Crippen LogP contribution in [0.2, 0.25) is 0 Å². The zero-order valence-corrected chi connectivity index (χ0v) is 19.0. The summed E-state index contributed by atoms with van der Waals surface area (Å²) in [7, 11) is 0. The van der Waals surface area contributed by atoms with Gasteiger partial charge in [0.15, 0.2) is 0 Å². The standard InChI is InChI=1S/C23H46O5/c1-5-9-10-11-12-13-14-21(18-24-19-22-20-25-22)23(26-15-6-2,27-16-7-3)28-17-8-4/h21-22H,5-20H2,1-4H3. The first-order valence-electron chi connectivity index (χ1n) is 11.8. The van der Waals surface area contributed by atoms with E-state index in [0.29, 0.717) is 33.0 Å². The lowest BCUT2D eigenvalue weighted by molar-refractivity contribution is -0.409. The number of hydrogen-bond acceptors (Lipinski definition) is 5. The molecule has 0 aromatic rings. The van der Waals surface area contributed by atoms with Crippen LogP contribution in [0.15, 0.2) is 0 Å². The van der Waals surface area contributed by atoms with Gasteiger partial charge in [0.25, 0.3) is 5.97 Å². The van der Waals surface area contributed by atoms with E-state index in [-0.39, 0.29) is 12.0 Å². The summed E-state index contributed by atoms with van der Waals surface area (Å²) in [4.78, 5) is 0. The van der Waals surface area contributed by atoms with E-state index in [1.165, 1.54) is 32.1 Å². The fourth-order valence-electron chi connectivity index (χ4n) is 3.25. The lowest BCUT2D eigenvalue weighted by Gasteiger charge is -2.39. The topological polar surface area (TPSA) is 49.5 Å². The summed E-state index contributed by atoms with van der Waals surface area (Å²) in [5.74, 6) is -0.919. The van der Waals surface area contributed by atoms with Crippen LogP contribution >= 0.6 is 0 Å². The van der Waals surface area contributed by atoms with Crippen LogP contribution in [0.4, 0.5) is 0 Å². The van der Waals surface area contributed by atoms with Gasteiger partial charge in [-0.15, -0.1) is 0 Å². The van der Waals surface area contributed by atoms with Gasteiger partial charge in [-0.1, -0.05) is 66.2 Å². The maximum Gasteiger partial charge on any atom is 0.288 e. The second-order valence-electron chi connectivity index (χ2n) is 7.90. The van der Waals surface area contributed by atoms with E-state index in [0.717, 1.165) is 38.7 Å². The molecule has 1 rings (SSSR count). The first-order chi connectivity index (χ1) is 13.7.